The summed E-state index contributed by atoms with van der Waals surface area (Å²) in [6, 6.07) is 27.3. The van der Waals surface area contributed by atoms with Crippen LogP contribution in [0.1, 0.15) is 29.7 Å². The Balaban J connectivity index is 1.20. The lowest BCUT2D eigenvalue weighted by atomic mass is 9.95. The molecule has 1 aromatic heterocycles. The van der Waals surface area contributed by atoms with Crippen molar-refractivity contribution < 1.29 is 14.3 Å². The van der Waals surface area contributed by atoms with Gasteiger partial charge in [-0.05, 0) is 55.1 Å². The highest BCUT2D eigenvalue weighted by molar-refractivity contribution is 5.81. The minimum Gasteiger partial charge on any atom is -0.493 e. The average molecular weight is 498 g/mol. The molecule has 0 spiro atoms. The summed E-state index contributed by atoms with van der Waals surface area (Å²) in [6.07, 6.45) is 1.72. The molecule has 37 heavy (non-hydrogen) atoms. The Hall–Kier alpha value is -3.77. The van der Waals surface area contributed by atoms with Gasteiger partial charge < -0.3 is 19.4 Å². The van der Waals surface area contributed by atoms with Crippen LogP contribution in [0, 0.1) is 5.92 Å². The number of methoxy groups -OCH3 is 2. The molecule has 1 saturated heterocycles. The van der Waals surface area contributed by atoms with Gasteiger partial charge in [-0.25, -0.2) is 0 Å². The van der Waals surface area contributed by atoms with Crippen molar-refractivity contribution in [1.29, 1.82) is 0 Å². The molecule has 0 saturated carbocycles. The largest absolute Gasteiger partial charge is 0.493 e. The van der Waals surface area contributed by atoms with Gasteiger partial charge in [-0.15, -0.1) is 0 Å². The van der Waals surface area contributed by atoms with Gasteiger partial charge in [0.2, 0.25) is 5.91 Å². The van der Waals surface area contributed by atoms with Crippen LogP contribution < -0.4 is 14.8 Å². The highest BCUT2D eigenvalue weighted by atomic mass is 16.5. The number of piperidine rings is 1. The van der Waals surface area contributed by atoms with Gasteiger partial charge in [-0.2, -0.15) is 0 Å². The first kappa shape index (κ1) is 24.9. The van der Waals surface area contributed by atoms with Crippen LogP contribution in [0.5, 0.6) is 11.5 Å². The Bertz CT molecular complexity index is 1340. The van der Waals surface area contributed by atoms with E-state index in [9.17, 15) is 4.79 Å². The summed E-state index contributed by atoms with van der Waals surface area (Å²) in [5.41, 5.74) is 4.80. The summed E-state index contributed by atoms with van der Waals surface area (Å²) in [5, 5.41) is 4.39. The fourth-order valence-electron chi connectivity index (χ4n) is 5.35. The summed E-state index contributed by atoms with van der Waals surface area (Å²) in [6.45, 7) is 3.99. The van der Waals surface area contributed by atoms with E-state index < -0.39 is 0 Å². The topological polar surface area (TPSA) is 55.7 Å². The van der Waals surface area contributed by atoms with E-state index in [2.05, 4.69) is 75.4 Å². The maximum Gasteiger partial charge on any atom is 0.223 e. The Kier molecular flexibility index (Phi) is 7.76. The lowest BCUT2D eigenvalue weighted by Crippen LogP contribution is -2.40. The smallest absolute Gasteiger partial charge is 0.223 e. The van der Waals surface area contributed by atoms with Crippen molar-refractivity contribution in [3.63, 3.8) is 0 Å². The van der Waals surface area contributed by atoms with E-state index in [1.54, 1.807) is 14.2 Å². The standard InChI is InChI=1S/C31H35N3O3/c1-36-29-14-8-12-26(30(29)37-2)20-32-31(35)24-15-17-33(18-16-24)22-27-19-25-11-6-7-13-28(25)34(27)21-23-9-4-3-5-10-23/h3-14,19,24H,15-18,20-22H2,1-2H3,(H,32,35). The Morgan fingerprint density at radius 2 is 1.65 bits per heavy atom. The first-order chi connectivity index (χ1) is 18.2. The number of likely N-dealkylation sites (tertiary alicyclic amines) is 1. The average Bonchev–Trinajstić information content (AvgIpc) is 3.28. The zero-order chi connectivity index (χ0) is 25.6. The minimum absolute atomic E-state index is 0.0306. The molecule has 6 heteroatoms. The highest BCUT2D eigenvalue weighted by Gasteiger charge is 2.26. The summed E-state index contributed by atoms with van der Waals surface area (Å²) in [7, 11) is 3.24. The number of amides is 1. The second-order valence-electron chi connectivity index (χ2n) is 9.69. The number of fused-ring (bicyclic) bond motifs is 1. The molecule has 0 radical (unpaired) electrons. The second kappa shape index (κ2) is 11.5. The molecule has 0 bridgehead atoms. The molecule has 0 atom stereocenters. The van der Waals surface area contributed by atoms with Gasteiger partial charge in [0.25, 0.3) is 0 Å². The normalized spacial score (nSPS) is 14.5. The van der Waals surface area contributed by atoms with Gasteiger partial charge in [0, 0.05) is 42.3 Å². The molecule has 1 fully saturated rings. The molecule has 6 nitrogen and oxygen atoms in total. The summed E-state index contributed by atoms with van der Waals surface area (Å²) in [5.74, 6) is 1.49. The van der Waals surface area contributed by atoms with Crippen molar-refractivity contribution in [3.05, 3.63) is 95.7 Å². The number of benzene rings is 3. The maximum atomic E-state index is 13.0. The van der Waals surface area contributed by atoms with E-state index in [1.807, 2.05) is 18.2 Å². The fraction of sp³-hybridized carbons (Fsp3) is 0.323. The van der Waals surface area contributed by atoms with Crippen molar-refractivity contribution >= 4 is 16.8 Å². The number of nitrogens with zero attached hydrogens (tertiary/aromatic N) is 2. The molecular weight excluding hydrogens is 462 g/mol. The molecule has 1 aliphatic rings. The Morgan fingerprint density at radius 1 is 0.892 bits per heavy atom. The maximum absolute atomic E-state index is 13.0. The molecule has 2 heterocycles. The number of rotatable bonds is 9. The molecular formula is C31H35N3O3. The first-order valence-corrected chi connectivity index (χ1v) is 13.0. The van der Waals surface area contributed by atoms with Gasteiger partial charge >= 0.3 is 0 Å². The fourth-order valence-corrected chi connectivity index (χ4v) is 5.35. The second-order valence-corrected chi connectivity index (χ2v) is 9.69. The van der Waals surface area contributed by atoms with Crippen molar-refractivity contribution in [2.75, 3.05) is 27.3 Å². The Labute approximate surface area is 218 Å². The summed E-state index contributed by atoms with van der Waals surface area (Å²) >= 11 is 0. The van der Waals surface area contributed by atoms with Crippen molar-refractivity contribution in [1.82, 2.24) is 14.8 Å². The van der Waals surface area contributed by atoms with Crippen molar-refractivity contribution in [2.24, 2.45) is 5.92 Å². The van der Waals surface area contributed by atoms with E-state index in [0.717, 1.165) is 44.6 Å². The van der Waals surface area contributed by atoms with E-state index in [1.165, 1.54) is 22.2 Å². The molecule has 5 rings (SSSR count). The molecule has 0 unspecified atom stereocenters. The first-order valence-electron chi connectivity index (χ1n) is 13.0. The lowest BCUT2D eigenvalue weighted by Gasteiger charge is -2.31. The van der Waals surface area contributed by atoms with Crippen LogP contribution in [0.15, 0.2) is 78.9 Å². The monoisotopic (exact) mass is 497 g/mol. The number of hydrogen-bond acceptors (Lipinski definition) is 4. The quantitative estimate of drug-likeness (QED) is 0.344. The van der Waals surface area contributed by atoms with Crippen LogP contribution in [0.2, 0.25) is 0 Å². The van der Waals surface area contributed by atoms with Crippen LogP contribution in [0.25, 0.3) is 10.9 Å². The summed E-state index contributed by atoms with van der Waals surface area (Å²) in [4.78, 5) is 15.4. The lowest BCUT2D eigenvalue weighted by molar-refractivity contribution is -0.126. The zero-order valence-electron chi connectivity index (χ0n) is 21.7. The van der Waals surface area contributed by atoms with Crippen molar-refractivity contribution in [3.8, 4) is 11.5 Å². The SMILES string of the molecule is COc1cccc(CNC(=O)C2CCN(Cc3cc4ccccc4n3Cc3ccccc3)CC2)c1OC. The summed E-state index contributed by atoms with van der Waals surface area (Å²) < 4.78 is 13.3. The molecule has 1 N–H and O–H groups in total. The molecule has 0 aliphatic carbocycles. The minimum atomic E-state index is 0.0306. The van der Waals surface area contributed by atoms with Crippen LogP contribution >= 0.6 is 0 Å². The highest BCUT2D eigenvalue weighted by Crippen LogP contribution is 2.31. The molecule has 1 aliphatic heterocycles. The van der Waals surface area contributed by atoms with E-state index in [-0.39, 0.29) is 11.8 Å². The third-order valence-electron chi connectivity index (χ3n) is 7.36. The predicted molar refractivity (Wildman–Crippen MR) is 147 cm³/mol. The van der Waals surface area contributed by atoms with Crippen LogP contribution in [-0.2, 0) is 24.4 Å². The number of hydrogen-bond donors (Lipinski definition) is 1. The number of ether oxygens (including phenoxy) is 2. The zero-order valence-corrected chi connectivity index (χ0v) is 21.7. The number of carbonyl (C=O) groups excluding carboxylic acids is 1. The number of aromatic nitrogens is 1. The van der Waals surface area contributed by atoms with Crippen molar-refractivity contribution in [2.45, 2.75) is 32.5 Å². The number of carbonyl (C=O) groups is 1. The molecule has 3 aromatic carbocycles. The predicted octanol–water partition coefficient (Wildman–Crippen LogP) is 5.24. The third-order valence-corrected chi connectivity index (χ3v) is 7.36. The van der Waals surface area contributed by atoms with E-state index >= 15 is 0 Å². The third kappa shape index (κ3) is 5.65. The molecule has 1 amide bonds. The van der Waals surface area contributed by atoms with Crippen LogP contribution in [0.4, 0.5) is 0 Å². The molecule has 192 valence electrons. The van der Waals surface area contributed by atoms with Crippen LogP contribution in [-0.4, -0.2) is 42.7 Å². The molecule has 4 aromatic rings. The van der Waals surface area contributed by atoms with Gasteiger partial charge in [-0.1, -0.05) is 60.7 Å². The Morgan fingerprint density at radius 3 is 2.41 bits per heavy atom. The van der Waals surface area contributed by atoms with Gasteiger partial charge in [-0.3, -0.25) is 9.69 Å². The van der Waals surface area contributed by atoms with E-state index in [0.29, 0.717) is 18.0 Å². The van der Waals surface area contributed by atoms with Gasteiger partial charge in [0.15, 0.2) is 11.5 Å². The van der Waals surface area contributed by atoms with E-state index in [4.69, 9.17) is 9.47 Å². The van der Waals surface area contributed by atoms with Crippen LogP contribution in [0.3, 0.4) is 0 Å². The number of para-hydroxylation sites is 2. The number of nitrogens with one attached hydrogen (secondary N) is 1. The van der Waals surface area contributed by atoms with Gasteiger partial charge in [0.1, 0.15) is 0 Å². The van der Waals surface area contributed by atoms with Gasteiger partial charge in [0.05, 0.1) is 14.2 Å².